The maximum Gasteiger partial charge on any atom is 0.322 e. The van der Waals surface area contributed by atoms with E-state index in [9.17, 15) is 14.4 Å². The van der Waals surface area contributed by atoms with Crippen molar-refractivity contribution in [3.8, 4) is 9.88 Å². The van der Waals surface area contributed by atoms with Crippen LogP contribution in [-0.2, 0) is 20.9 Å². The summed E-state index contributed by atoms with van der Waals surface area (Å²) < 4.78 is 5.08. The summed E-state index contributed by atoms with van der Waals surface area (Å²) in [6.07, 6.45) is -0.195. The number of imide groups is 1. The van der Waals surface area contributed by atoms with Gasteiger partial charge in [-0.3, -0.25) is 14.9 Å². The normalized spacial score (nSPS) is 17.2. The third-order valence-electron chi connectivity index (χ3n) is 2.89. The minimum atomic E-state index is -0.864. The first-order valence-electron chi connectivity index (χ1n) is 6.37. The van der Waals surface area contributed by atoms with E-state index >= 15 is 0 Å². The Labute approximate surface area is 133 Å². The fourth-order valence-corrected chi connectivity index (χ4v) is 3.49. The minimum Gasteiger partial charge on any atom is -0.459 e. The van der Waals surface area contributed by atoms with Crippen molar-refractivity contribution in [2.24, 2.45) is 0 Å². The number of thiazole rings is 1. The molecule has 1 aliphatic rings. The van der Waals surface area contributed by atoms with Crippen LogP contribution in [0.25, 0.3) is 9.88 Å². The van der Waals surface area contributed by atoms with Crippen molar-refractivity contribution in [1.82, 2.24) is 15.6 Å². The number of nitrogens with zero attached hydrogens (tertiary/aromatic N) is 1. The molecule has 3 rings (SSSR count). The fourth-order valence-electron chi connectivity index (χ4n) is 1.87. The van der Waals surface area contributed by atoms with Gasteiger partial charge < -0.3 is 10.1 Å². The largest absolute Gasteiger partial charge is 0.459 e. The molecular weight excluding hydrogens is 326 g/mol. The van der Waals surface area contributed by atoms with Crippen molar-refractivity contribution >= 4 is 40.6 Å². The van der Waals surface area contributed by atoms with Crippen LogP contribution in [-0.4, -0.2) is 28.9 Å². The zero-order chi connectivity index (χ0) is 15.5. The first-order valence-corrected chi connectivity index (χ1v) is 8.13. The van der Waals surface area contributed by atoms with Gasteiger partial charge in [0.2, 0.25) is 0 Å². The van der Waals surface area contributed by atoms with E-state index in [0.29, 0.717) is 5.69 Å². The molecule has 114 valence electrons. The van der Waals surface area contributed by atoms with Crippen LogP contribution in [0.15, 0.2) is 22.9 Å². The van der Waals surface area contributed by atoms with E-state index in [2.05, 4.69) is 15.6 Å². The molecule has 1 fully saturated rings. The minimum absolute atomic E-state index is 0.0446. The molecule has 2 aromatic heterocycles. The van der Waals surface area contributed by atoms with Gasteiger partial charge in [0, 0.05) is 5.38 Å². The van der Waals surface area contributed by atoms with Crippen molar-refractivity contribution in [2.45, 2.75) is 19.1 Å². The van der Waals surface area contributed by atoms with Crippen LogP contribution in [0, 0.1) is 0 Å². The van der Waals surface area contributed by atoms with Crippen molar-refractivity contribution in [3.63, 3.8) is 0 Å². The number of rotatable bonds is 5. The highest BCUT2D eigenvalue weighted by atomic mass is 32.1. The molecule has 0 aliphatic carbocycles. The molecular formula is C13H11N3O4S2. The van der Waals surface area contributed by atoms with Crippen LogP contribution in [0.5, 0.6) is 0 Å². The van der Waals surface area contributed by atoms with Gasteiger partial charge in [-0.25, -0.2) is 9.78 Å². The topological polar surface area (TPSA) is 97.4 Å². The number of amides is 3. The fraction of sp³-hybridized carbons (Fsp3) is 0.231. The first-order chi connectivity index (χ1) is 10.6. The highest BCUT2D eigenvalue weighted by molar-refractivity contribution is 7.20. The van der Waals surface area contributed by atoms with E-state index in [-0.39, 0.29) is 13.0 Å². The van der Waals surface area contributed by atoms with Crippen LogP contribution in [0.3, 0.4) is 0 Å². The molecule has 0 spiro atoms. The summed E-state index contributed by atoms with van der Waals surface area (Å²) in [5, 5.41) is 9.08. The van der Waals surface area contributed by atoms with Gasteiger partial charge in [0.15, 0.2) is 0 Å². The molecule has 2 aromatic rings. The molecule has 1 saturated heterocycles. The van der Waals surface area contributed by atoms with Crippen LogP contribution in [0.2, 0.25) is 0 Å². The van der Waals surface area contributed by atoms with E-state index in [1.165, 1.54) is 11.3 Å². The van der Waals surface area contributed by atoms with Crippen LogP contribution < -0.4 is 10.6 Å². The Bertz CT molecular complexity index is 711. The molecule has 0 saturated carbocycles. The zero-order valence-corrected chi connectivity index (χ0v) is 12.8. The third-order valence-corrected chi connectivity index (χ3v) is 4.82. The Morgan fingerprint density at radius 3 is 2.91 bits per heavy atom. The maximum atomic E-state index is 11.7. The van der Waals surface area contributed by atoms with Gasteiger partial charge in [0.25, 0.3) is 5.91 Å². The molecule has 7 nitrogen and oxygen atoms in total. The molecule has 1 aliphatic heterocycles. The monoisotopic (exact) mass is 337 g/mol. The van der Waals surface area contributed by atoms with E-state index < -0.39 is 23.9 Å². The number of hydrogen-bond acceptors (Lipinski definition) is 7. The van der Waals surface area contributed by atoms with E-state index in [1.807, 2.05) is 22.9 Å². The quantitative estimate of drug-likeness (QED) is 0.637. The Kier molecular flexibility index (Phi) is 4.16. The number of ether oxygens (including phenoxy) is 1. The molecule has 3 amide bonds. The SMILES string of the molecule is O=C1NC(=O)[C@H](CC(=O)OCc2csc(-c3cccs3)n2)N1. The summed E-state index contributed by atoms with van der Waals surface area (Å²) in [5.41, 5.74) is 0.654. The number of aromatic nitrogens is 1. The number of thiophene rings is 1. The van der Waals surface area contributed by atoms with Crippen LogP contribution in [0.4, 0.5) is 4.79 Å². The third kappa shape index (κ3) is 3.31. The Hall–Kier alpha value is -2.26. The predicted molar refractivity (Wildman–Crippen MR) is 80.3 cm³/mol. The lowest BCUT2D eigenvalue weighted by Gasteiger charge is -2.06. The summed E-state index contributed by atoms with van der Waals surface area (Å²) in [6, 6.07) is 2.46. The second-order valence-corrected chi connectivity index (χ2v) is 6.31. The van der Waals surface area contributed by atoms with Crippen molar-refractivity contribution < 1.29 is 19.1 Å². The van der Waals surface area contributed by atoms with E-state index in [0.717, 1.165) is 9.88 Å². The second-order valence-electron chi connectivity index (χ2n) is 4.50. The second kappa shape index (κ2) is 6.24. The van der Waals surface area contributed by atoms with Gasteiger partial charge in [-0.15, -0.1) is 22.7 Å². The lowest BCUT2D eigenvalue weighted by Crippen LogP contribution is -2.32. The number of nitrogens with one attached hydrogen (secondary N) is 2. The lowest BCUT2D eigenvalue weighted by molar-refractivity contribution is -0.146. The summed E-state index contributed by atoms with van der Waals surface area (Å²) in [6.45, 7) is 0.0446. The average Bonchev–Trinajstić information content (AvgIpc) is 3.19. The number of carbonyl (C=O) groups excluding carboxylic acids is 3. The van der Waals surface area contributed by atoms with Crippen molar-refractivity contribution in [3.05, 3.63) is 28.6 Å². The van der Waals surface area contributed by atoms with E-state index in [1.54, 1.807) is 11.3 Å². The van der Waals surface area contributed by atoms with Gasteiger partial charge in [-0.2, -0.15) is 0 Å². The van der Waals surface area contributed by atoms with Gasteiger partial charge in [-0.1, -0.05) is 6.07 Å². The zero-order valence-electron chi connectivity index (χ0n) is 11.2. The Morgan fingerprint density at radius 2 is 2.23 bits per heavy atom. The summed E-state index contributed by atoms with van der Waals surface area (Å²) in [4.78, 5) is 39.4. The molecule has 0 bridgehead atoms. The average molecular weight is 337 g/mol. The molecule has 1 atom stereocenters. The first kappa shape index (κ1) is 14.7. The van der Waals surface area contributed by atoms with Gasteiger partial charge in [0.05, 0.1) is 17.0 Å². The van der Waals surface area contributed by atoms with Crippen molar-refractivity contribution in [2.75, 3.05) is 0 Å². The highest BCUT2D eigenvalue weighted by Crippen LogP contribution is 2.27. The Morgan fingerprint density at radius 1 is 1.36 bits per heavy atom. The molecule has 9 heteroatoms. The van der Waals surface area contributed by atoms with Gasteiger partial charge in [0.1, 0.15) is 17.7 Å². The smallest absolute Gasteiger partial charge is 0.322 e. The van der Waals surface area contributed by atoms with Crippen molar-refractivity contribution in [1.29, 1.82) is 0 Å². The molecule has 3 heterocycles. The Balaban J connectivity index is 1.51. The molecule has 22 heavy (non-hydrogen) atoms. The van der Waals surface area contributed by atoms with Gasteiger partial charge in [-0.05, 0) is 11.4 Å². The molecule has 2 N–H and O–H groups in total. The molecule has 0 aromatic carbocycles. The van der Waals surface area contributed by atoms with Gasteiger partial charge >= 0.3 is 12.0 Å². The number of hydrogen-bond donors (Lipinski definition) is 2. The van der Waals surface area contributed by atoms with E-state index in [4.69, 9.17) is 4.74 Å². The standard InChI is InChI=1S/C13H11N3O4S2/c17-10(4-8-11(18)16-13(19)15-8)20-5-7-6-22-12(14-7)9-2-1-3-21-9/h1-3,6,8H,4-5H2,(H2,15,16,18,19)/t8-/m0/s1. The number of urea groups is 1. The highest BCUT2D eigenvalue weighted by Gasteiger charge is 2.31. The summed E-state index contributed by atoms with van der Waals surface area (Å²) in [7, 11) is 0. The molecule has 0 radical (unpaired) electrons. The predicted octanol–water partition coefficient (Wildman–Crippen LogP) is 1.51. The number of carbonyl (C=O) groups is 3. The molecule has 0 unspecified atom stereocenters. The summed E-state index contributed by atoms with van der Waals surface area (Å²) in [5.74, 6) is -1.08. The lowest BCUT2D eigenvalue weighted by atomic mass is 10.2. The van der Waals surface area contributed by atoms with Crippen LogP contribution in [0.1, 0.15) is 12.1 Å². The van der Waals surface area contributed by atoms with Crippen LogP contribution >= 0.6 is 22.7 Å². The summed E-state index contributed by atoms with van der Waals surface area (Å²) >= 11 is 3.07. The number of esters is 1. The maximum absolute atomic E-state index is 11.7.